The maximum absolute atomic E-state index is 13.5. The SMILES string of the molecule is N#CC1(NC(=O)[C@@H]2CCCC[C@H]2c2oc(-c3ccccc3OC(F)(F)F)nc2-c2ccc(N3CCS(O)(O)CC3)cc2)CC1. The van der Waals surface area contributed by atoms with Crippen LogP contribution < -0.4 is 15.0 Å². The van der Waals surface area contributed by atoms with Gasteiger partial charge in [0, 0.05) is 36.2 Å². The molecular weight excluding hydrogens is 597 g/mol. The van der Waals surface area contributed by atoms with Crippen LogP contribution in [0.25, 0.3) is 22.7 Å². The van der Waals surface area contributed by atoms with Gasteiger partial charge in [-0.2, -0.15) is 15.9 Å². The van der Waals surface area contributed by atoms with Crippen LogP contribution in [0.15, 0.2) is 52.9 Å². The molecule has 0 bridgehead atoms. The van der Waals surface area contributed by atoms with Crippen molar-refractivity contribution in [2.24, 2.45) is 5.92 Å². The second kappa shape index (κ2) is 11.6. The largest absolute Gasteiger partial charge is 0.573 e. The van der Waals surface area contributed by atoms with Crippen LogP contribution in [0.5, 0.6) is 5.75 Å². The molecule has 234 valence electrons. The number of para-hydroxylation sites is 1. The summed E-state index contributed by atoms with van der Waals surface area (Å²) in [6, 6.07) is 15.3. The van der Waals surface area contributed by atoms with E-state index in [1.807, 2.05) is 24.3 Å². The normalized spacial score (nSPS) is 23.3. The van der Waals surface area contributed by atoms with Gasteiger partial charge in [0.1, 0.15) is 22.7 Å². The van der Waals surface area contributed by atoms with Gasteiger partial charge >= 0.3 is 6.36 Å². The number of nitrogens with one attached hydrogen (secondary N) is 1. The Morgan fingerprint density at radius 2 is 1.77 bits per heavy atom. The van der Waals surface area contributed by atoms with Crippen LogP contribution in [0.4, 0.5) is 18.9 Å². The average molecular weight is 631 g/mol. The molecule has 2 heterocycles. The first-order chi connectivity index (χ1) is 21.0. The zero-order chi connectivity index (χ0) is 31.1. The lowest BCUT2D eigenvalue weighted by Crippen LogP contribution is -2.42. The van der Waals surface area contributed by atoms with Crippen molar-refractivity contribution in [2.75, 3.05) is 29.5 Å². The van der Waals surface area contributed by atoms with Gasteiger partial charge in [-0.1, -0.05) is 37.1 Å². The highest BCUT2D eigenvalue weighted by molar-refractivity contribution is 8.24. The van der Waals surface area contributed by atoms with E-state index in [1.54, 1.807) is 6.07 Å². The molecule has 13 heteroatoms. The molecule has 3 N–H and O–H groups in total. The van der Waals surface area contributed by atoms with E-state index in [2.05, 4.69) is 21.0 Å². The van der Waals surface area contributed by atoms with Crippen LogP contribution in [0.2, 0.25) is 0 Å². The number of halogens is 3. The van der Waals surface area contributed by atoms with Crippen molar-refractivity contribution in [1.29, 1.82) is 5.26 Å². The lowest BCUT2D eigenvalue weighted by molar-refractivity contribution is -0.274. The van der Waals surface area contributed by atoms with Gasteiger partial charge in [-0.05, 0) is 49.9 Å². The van der Waals surface area contributed by atoms with E-state index in [9.17, 15) is 32.3 Å². The number of anilines is 1. The number of nitrogens with zero attached hydrogens (tertiary/aromatic N) is 3. The molecule has 3 aliphatic rings. The third-order valence-electron chi connectivity index (χ3n) is 8.64. The van der Waals surface area contributed by atoms with Gasteiger partial charge in [-0.15, -0.1) is 13.2 Å². The lowest BCUT2D eigenvalue weighted by atomic mass is 9.76. The van der Waals surface area contributed by atoms with Gasteiger partial charge in [0.2, 0.25) is 11.8 Å². The molecule has 1 saturated heterocycles. The minimum absolute atomic E-state index is 0.0273. The molecule has 1 amide bonds. The summed E-state index contributed by atoms with van der Waals surface area (Å²) in [5, 5.41) is 12.5. The maximum atomic E-state index is 13.5. The summed E-state index contributed by atoms with van der Waals surface area (Å²) >= 11 is 0. The van der Waals surface area contributed by atoms with E-state index in [0.29, 0.717) is 67.3 Å². The van der Waals surface area contributed by atoms with Crippen LogP contribution >= 0.6 is 10.6 Å². The molecule has 1 aliphatic heterocycles. The molecule has 0 radical (unpaired) electrons. The number of oxazole rings is 1. The van der Waals surface area contributed by atoms with Crippen molar-refractivity contribution >= 4 is 22.2 Å². The Balaban J connectivity index is 1.38. The van der Waals surface area contributed by atoms with E-state index in [1.165, 1.54) is 18.2 Å². The number of rotatable bonds is 7. The van der Waals surface area contributed by atoms with Crippen molar-refractivity contribution in [1.82, 2.24) is 10.3 Å². The smallest absolute Gasteiger partial charge is 0.440 e. The number of nitriles is 1. The first-order valence-electron chi connectivity index (χ1n) is 14.6. The Hall–Kier alpha value is -3.73. The van der Waals surface area contributed by atoms with Crippen molar-refractivity contribution in [3.8, 4) is 34.5 Å². The van der Waals surface area contributed by atoms with E-state index < -0.39 is 40.1 Å². The summed E-state index contributed by atoms with van der Waals surface area (Å²) in [6.45, 7) is 1.00. The van der Waals surface area contributed by atoms with Gasteiger partial charge in [0.25, 0.3) is 0 Å². The van der Waals surface area contributed by atoms with Crippen LogP contribution in [-0.4, -0.2) is 56.5 Å². The summed E-state index contributed by atoms with van der Waals surface area (Å²) in [7, 11) is -2.55. The fourth-order valence-electron chi connectivity index (χ4n) is 6.05. The van der Waals surface area contributed by atoms with Gasteiger partial charge in [-0.3, -0.25) is 13.9 Å². The average Bonchev–Trinajstić information content (AvgIpc) is 3.63. The number of benzene rings is 2. The Labute approximate surface area is 254 Å². The highest BCUT2D eigenvalue weighted by Crippen LogP contribution is 2.46. The van der Waals surface area contributed by atoms with E-state index in [0.717, 1.165) is 18.5 Å². The van der Waals surface area contributed by atoms with Crippen LogP contribution in [-0.2, 0) is 4.79 Å². The Morgan fingerprint density at radius 1 is 1.09 bits per heavy atom. The first-order valence-corrected chi connectivity index (χ1v) is 16.5. The van der Waals surface area contributed by atoms with E-state index >= 15 is 0 Å². The van der Waals surface area contributed by atoms with Crippen molar-refractivity contribution in [2.45, 2.75) is 56.3 Å². The minimum Gasteiger partial charge on any atom is -0.440 e. The van der Waals surface area contributed by atoms with Gasteiger partial charge in [0.05, 0.1) is 23.1 Å². The van der Waals surface area contributed by atoms with Gasteiger partial charge in [0.15, 0.2) is 0 Å². The number of aromatic nitrogens is 1. The molecule has 6 rings (SSSR count). The first kappa shape index (κ1) is 30.3. The lowest BCUT2D eigenvalue weighted by Gasteiger charge is -2.41. The number of carbonyl (C=O) groups is 1. The summed E-state index contributed by atoms with van der Waals surface area (Å²) in [4.78, 5) is 20.2. The molecule has 3 aromatic rings. The highest BCUT2D eigenvalue weighted by atomic mass is 32.3. The molecule has 44 heavy (non-hydrogen) atoms. The predicted molar refractivity (Wildman–Crippen MR) is 159 cm³/mol. The zero-order valence-electron chi connectivity index (χ0n) is 23.8. The highest BCUT2D eigenvalue weighted by Gasteiger charge is 2.47. The summed E-state index contributed by atoms with van der Waals surface area (Å²) in [5.41, 5.74) is 1.17. The van der Waals surface area contributed by atoms with Gasteiger partial charge < -0.3 is 19.4 Å². The van der Waals surface area contributed by atoms with Gasteiger partial charge in [-0.25, -0.2) is 4.98 Å². The number of carbonyl (C=O) groups excluding carboxylic acids is 1. The van der Waals surface area contributed by atoms with Crippen LogP contribution in [0.1, 0.15) is 50.2 Å². The van der Waals surface area contributed by atoms with Crippen LogP contribution in [0, 0.1) is 17.2 Å². The molecule has 9 nitrogen and oxygen atoms in total. The second-order valence-corrected chi connectivity index (χ2v) is 14.1. The van der Waals surface area contributed by atoms with Crippen molar-refractivity contribution in [3.63, 3.8) is 0 Å². The Bertz CT molecular complexity index is 1560. The Kier molecular flexibility index (Phi) is 8.02. The quantitative estimate of drug-likeness (QED) is 0.256. The molecule has 2 atom stereocenters. The van der Waals surface area contributed by atoms with E-state index in [4.69, 9.17) is 9.40 Å². The number of amides is 1. The number of alkyl halides is 3. The molecule has 2 aromatic carbocycles. The molecular formula is C31H33F3N4O5S. The standard InChI is InChI=1S/C31H33F3N4O5S/c32-31(33,34)43-25-8-4-3-7-24(25)29-36-26(20-9-11-21(12-10-20)38-15-17-44(40,41)18-16-38)27(42-29)22-5-1-2-6-23(22)28(39)37-30(19-35)13-14-30/h3-4,7-12,22-23,40-41H,1-2,5-6,13-18H2,(H,37,39)/t22-,23-/m1/s1. The molecule has 0 spiro atoms. The van der Waals surface area contributed by atoms with Crippen LogP contribution in [0.3, 0.4) is 0 Å². The summed E-state index contributed by atoms with van der Waals surface area (Å²) in [6.07, 6.45) is -0.883. The topological polar surface area (TPSA) is 132 Å². The van der Waals surface area contributed by atoms with Crippen molar-refractivity contribution < 1.29 is 36.2 Å². The predicted octanol–water partition coefficient (Wildman–Crippen LogP) is 6.92. The van der Waals surface area contributed by atoms with Crippen molar-refractivity contribution in [3.05, 3.63) is 54.3 Å². The number of ether oxygens (including phenoxy) is 1. The molecule has 1 aromatic heterocycles. The minimum atomic E-state index is -4.92. The zero-order valence-corrected chi connectivity index (χ0v) is 24.7. The molecule has 0 unspecified atom stereocenters. The fourth-order valence-corrected chi connectivity index (χ4v) is 7.28. The Morgan fingerprint density at radius 3 is 2.43 bits per heavy atom. The molecule has 2 aliphatic carbocycles. The number of hydrogen-bond donors (Lipinski definition) is 3. The third-order valence-corrected chi connectivity index (χ3v) is 10.3. The summed E-state index contributed by atoms with van der Waals surface area (Å²) in [5.74, 6) is -0.644. The fraction of sp³-hybridized carbons (Fsp3) is 0.452. The number of hydrogen-bond acceptors (Lipinski definition) is 8. The molecule has 3 fully saturated rings. The third kappa shape index (κ3) is 6.52. The van der Waals surface area contributed by atoms with E-state index in [-0.39, 0.29) is 17.4 Å². The second-order valence-electron chi connectivity index (χ2n) is 11.7. The molecule has 2 saturated carbocycles. The summed E-state index contributed by atoms with van der Waals surface area (Å²) < 4.78 is 70.3. The monoisotopic (exact) mass is 630 g/mol. The maximum Gasteiger partial charge on any atom is 0.573 e.